The van der Waals surface area contributed by atoms with Gasteiger partial charge in [-0.3, -0.25) is 0 Å². The zero-order valence-corrected chi connectivity index (χ0v) is 40.7. The maximum absolute atomic E-state index is 12.4. The van der Waals surface area contributed by atoms with E-state index in [0.29, 0.717) is 44.3 Å². The molecule has 0 spiro atoms. The third-order valence-corrected chi connectivity index (χ3v) is 22.1. The zero-order chi connectivity index (χ0) is 47.8. The average molecular weight is 941 g/mol. The lowest BCUT2D eigenvalue weighted by atomic mass is 9.42. The maximum Gasteiger partial charge on any atom is 0.331 e. The standard InChI is InChI=1S/C30H46O9.C23H34O5/c1-15-24(33)26(36-4)25(34)27(38-15)39-18-7-9-28(2)17(12-18)5-6-20-23(28)21(31)13-29(3)19(8-10-30(20,29)35)16-11-22(32)37-14-16;1-21-7-5-15(24)10-14(21)3-4-17-20(21)18(25)11-22(2)16(6-8-23(17,22)27)13-9-19(26)28-12-13/h11,15,17-21,23-27,31,33-35H,5-10,12-14H2,1-4H3;9,14-18,20,24-25,27H,3-8,10-12H2,1-2H3/t15-,17?,18?,19?,20?,21-,23?,24+,25-,26+,27?,28+,29-,30?;14?,15-,16?,17?,18+,20+,21-,22+,23-/m10/s1. The number of aliphatic hydroxyl groups excluding tert-OH is 5. The molecular formula is C53H80O14. The van der Waals surface area contributed by atoms with Gasteiger partial charge in [0.1, 0.15) is 31.5 Å². The molecule has 67 heavy (non-hydrogen) atoms. The van der Waals surface area contributed by atoms with E-state index in [0.717, 1.165) is 94.6 Å². The summed E-state index contributed by atoms with van der Waals surface area (Å²) in [5.74, 6) is 0.472. The lowest BCUT2D eigenvalue weighted by Crippen LogP contribution is -2.66. The highest BCUT2D eigenvalue weighted by molar-refractivity contribution is 5.86. The molecule has 3 heterocycles. The van der Waals surface area contributed by atoms with E-state index >= 15 is 0 Å². The van der Waals surface area contributed by atoms with E-state index in [4.69, 9.17) is 23.7 Å². The molecule has 3 aliphatic heterocycles. The van der Waals surface area contributed by atoms with Gasteiger partial charge in [0.25, 0.3) is 0 Å². The van der Waals surface area contributed by atoms with Gasteiger partial charge in [0, 0.05) is 30.1 Å². The van der Waals surface area contributed by atoms with Gasteiger partial charge in [0.05, 0.1) is 41.7 Å². The van der Waals surface area contributed by atoms with Crippen LogP contribution >= 0.6 is 0 Å². The van der Waals surface area contributed by atoms with Crippen molar-refractivity contribution in [1.82, 2.24) is 0 Å². The molecule has 376 valence electrons. The number of aliphatic hydroxyl groups is 7. The summed E-state index contributed by atoms with van der Waals surface area (Å²) in [4.78, 5) is 23.5. The zero-order valence-electron chi connectivity index (χ0n) is 40.7. The minimum Gasteiger partial charge on any atom is -0.458 e. The fourth-order valence-corrected chi connectivity index (χ4v) is 18.7. The topological polar surface area (TPSA) is 222 Å². The smallest absolute Gasteiger partial charge is 0.331 e. The highest BCUT2D eigenvalue weighted by atomic mass is 16.7. The molecule has 8 aliphatic carbocycles. The first-order valence-corrected chi connectivity index (χ1v) is 26.0. The molecule has 0 radical (unpaired) electrons. The van der Waals surface area contributed by atoms with E-state index in [2.05, 4.69) is 27.7 Å². The number of esters is 2. The van der Waals surface area contributed by atoms with Crippen molar-refractivity contribution in [3.8, 4) is 0 Å². The first kappa shape index (κ1) is 48.6. The Morgan fingerprint density at radius 2 is 1.12 bits per heavy atom. The van der Waals surface area contributed by atoms with Crippen LogP contribution in [0, 0.1) is 69.0 Å². The lowest BCUT2D eigenvalue weighted by molar-refractivity contribution is -0.314. The SMILES string of the molecule is CO[C@H]1[C@@H](O)[C@@H](C)OC(OC2CC[C@@]3(C)C(CCC4C3[C@H](O)C[C@]3(C)C(C5=CC(=O)OC5)CCC43O)C2)[C@@H]1O.C[C@]12CC[C@H](O)CC1CCC1[C@@H]2[C@H](O)C[C@]2(C)C(C3=CC(=O)OC3)CC[C@]12O. The average Bonchev–Trinajstić information content (AvgIpc) is 4.03. The summed E-state index contributed by atoms with van der Waals surface area (Å²) >= 11 is 0. The van der Waals surface area contributed by atoms with Crippen molar-refractivity contribution >= 4 is 11.9 Å². The first-order chi connectivity index (χ1) is 31.6. The molecule has 0 aromatic carbocycles. The van der Waals surface area contributed by atoms with Gasteiger partial charge in [0.15, 0.2) is 6.29 Å². The molecule has 8 saturated carbocycles. The van der Waals surface area contributed by atoms with Crippen LogP contribution in [-0.4, -0.2) is 134 Å². The monoisotopic (exact) mass is 941 g/mol. The van der Waals surface area contributed by atoms with E-state index in [1.165, 1.54) is 7.11 Å². The Balaban J connectivity index is 0.000000165. The van der Waals surface area contributed by atoms with Crippen LogP contribution in [0.1, 0.15) is 137 Å². The fraction of sp³-hybridized carbons (Fsp3) is 0.887. The molecule has 11 rings (SSSR count). The van der Waals surface area contributed by atoms with Crippen LogP contribution in [0.4, 0.5) is 0 Å². The number of carbonyl (C=O) groups excluding carboxylic acids is 2. The van der Waals surface area contributed by atoms with Gasteiger partial charge >= 0.3 is 11.9 Å². The second-order valence-corrected chi connectivity index (χ2v) is 24.7. The van der Waals surface area contributed by atoms with Gasteiger partial charge in [-0.1, -0.05) is 27.7 Å². The predicted molar refractivity (Wildman–Crippen MR) is 242 cm³/mol. The first-order valence-electron chi connectivity index (χ1n) is 26.0. The Morgan fingerprint density at radius 3 is 1.60 bits per heavy atom. The molecule has 0 bridgehead atoms. The highest BCUT2D eigenvalue weighted by Crippen LogP contribution is 2.72. The van der Waals surface area contributed by atoms with Crippen LogP contribution < -0.4 is 0 Å². The minimum atomic E-state index is -1.08. The Kier molecular flexibility index (Phi) is 12.4. The largest absolute Gasteiger partial charge is 0.458 e. The molecule has 14 nitrogen and oxygen atoms in total. The van der Waals surface area contributed by atoms with E-state index in [1.807, 2.05) is 0 Å². The van der Waals surface area contributed by atoms with Gasteiger partial charge in [-0.15, -0.1) is 0 Å². The Hall–Kier alpha value is -1.98. The predicted octanol–water partition coefficient (Wildman–Crippen LogP) is 4.66. The Morgan fingerprint density at radius 1 is 0.627 bits per heavy atom. The summed E-state index contributed by atoms with van der Waals surface area (Å²) in [6.45, 7) is 11.2. The molecule has 7 N–H and O–H groups in total. The summed E-state index contributed by atoms with van der Waals surface area (Å²) < 4.78 is 27.9. The Bertz CT molecular complexity index is 1990. The van der Waals surface area contributed by atoms with Crippen LogP contribution in [0.25, 0.3) is 0 Å². The number of carbonyl (C=O) groups is 2. The number of rotatable bonds is 5. The molecule has 1 saturated heterocycles. The molecule has 0 amide bonds. The van der Waals surface area contributed by atoms with Crippen LogP contribution in [-0.2, 0) is 33.3 Å². The summed E-state index contributed by atoms with van der Waals surface area (Å²) in [6.07, 6.45) is 10.7. The van der Waals surface area contributed by atoms with Crippen molar-refractivity contribution in [2.75, 3.05) is 20.3 Å². The van der Waals surface area contributed by atoms with E-state index in [1.54, 1.807) is 19.1 Å². The van der Waals surface area contributed by atoms with Crippen LogP contribution in [0.2, 0.25) is 0 Å². The molecule has 0 aromatic rings. The summed E-state index contributed by atoms with van der Waals surface area (Å²) in [5.41, 5.74) is -0.800. The minimum absolute atomic E-state index is 0.00175. The van der Waals surface area contributed by atoms with Crippen LogP contribution in [0.5, 0.6) is 0 Å². The molecule has 11 aliphatic rings. The number of cyclic esters (lactones) is 2. The second-order valence-electron chi connectivity index (χ2n) is 24.7. The molecule has 14 heteroatoms. The lowest BCUT2D eigenvalue weighted by Gasteiger charge is -2.65. The molecular weight excluding hydrogens is 861 g/mol. The number of hydrogen-bond donors (Lipinski definition) is 7. The summed E-state index contributed by atoms with van der Waals surface area (Å²) in [7, 11) is 1.47. The third-order valence-electron chi connectivity index (χ3n) is 22.1. The molecule has 10 unspecified atom stereocenters. The van der Waals surface area contributed by atoms with Crippen molar-refractivity contribution in [3.05, 3.63) is 23.3 Å². The molecule has 23 atom stereocenters. The normalized spacial score (nSPS) is 55.5. The maximum atomic E-state index is 12.4. The van der Waals surface area contributed by atoms with Crippen LogP contribution in [0.15, 0.2) is 23.3 Å². The van der Waals surface area contributed by atoms with Gasteiger partial charge < -0.3 is 59.4 Å². The van der Waals surface area contributed by atoms with Crippen molar-refractivity contribution in [2.45, 2.75) is 204 Å². The summed E-state index contributed by atoms with van der Waals surface area (Å²) in [6, 6.07) is 0. The number of hydrogen-bond acceptors (Lipinski definition) is 14. The quantitative estimate of drug-likeness (QED) is 0.147. The number of methoxy groups -OCH3 is 1. The summed E-state index contributed by atoms with van der Waals surface area (Å²) in [5, 5.41) is 79.0. The van der Waals surface area contributed by atoms with Gasteiger partial charge in [-0.05, 0) is 179 Å². The third kappa shape index (κ3) is 7.27. The van der Waals surface area contributed by atoms with E-state index < -0.39 is 64.9 Å². The number of ether oxygens (including phenoxy) is 5. The number of fused-ring (bicyclic) bond motifs is 10. The van der Waals surface area contributed by atoms with Crippen LogP contribution in [0.3, 0.4) is 0 Å². The van der Waals surface area contributed by atoms with Crippen molar-refractivity contribution < 1.29 is 69.0 Å². The van der Waals surface area contributed by atoms with Crippen molar-refractivity contribution in [2.24, 2.45) is 69.0 Å². The Labute approximate surface area is 396 Å². The highest BCUT2D eigenvalue weighted by Gasteiger charge is 2.72. The van der Waals surface area contributed by atoms with E-state index in [-0.39, 0.29) is 70.5 Å². The van der Waals surface area contributed by atoms with Crippen molar-refractivity contribution in [1.29, 1.82) is 0 Å². The van der Waals surface area contributed by atoms with Gasteiger partial charge in [-0.25, -0.2) is 9.59 Å². The van der Waals surface area contributed by atoms with Gasteiger partial charge in [0.2, 0.25) is 0 Å². The van der Waals surface area contributed by atoms with Crippen molar-refractivity contribution in [3.63, 3.8) is 0 Å². The molecule has 9 fully saturated rings. The molecule has 0 aromatic heterocycles. The second kappa shape index (κ2) is 17.1. The fourth-order valence-electron chi connectivity index (χ4n) is 18.7. The van der Waals surface area contributed by atoms with E-state index in [9.17, 15) is 45.3 Å². The van der Waals surface area contributed by atoms with Gasteiger partial charge in [-0.2, -0.15) is 0 Å².